The van der Waals surface area contributed by atoms with Gasteiger partial charge < -0.3 is 19.5 Å². The first-order chi connectivity index (χ1) is 17.8. The Morgan fingerprint density at radius 3 is 2.22 bits per heavy atom. The Bertz CT molecular complexity index is 1120. The summed E-state index contributed by atoms with van der Waals surface area (Å²) in [6.07, 6.45) is 0.755. The Hall–Kier alpha value is -3.16. The molecule has 1 unspecified atom stereocenters. The molecule has 2 saturated heterocycles. The molecule has 4 rings (SSSR count). The molecule has 0 aromatic heterocycles. The van der Waals surface area contributed by atoms with E-state index in [1.54, 1.807) is 29.2 Å². The fraction of sp³-hybridized carbons (Fsp3) is 0.467. The highest BCUT2D eigenvalue weighted by Gasteiger charge is 2.45. The maximum atomic E-state index is 13.3. The van der Waals surface area contributed by atoms with Gasteiger partial charge in [0.25, 0.3) is 11.7 Å². The van der Waals surface area contributed by atoms with E-state index < -0.39 is 17.7 Å². The van der Waals surface area contributed by atoms with Gasteiger partial charge in [-0.25, -0.2) is 0 Å². The molecule has 0 spiro atoms. The third-order valence-electron chi connectivity index (χ3n) is 6.94. The predicted octanol–water partition coefficient (Wildman–Crippen LogP) is 4.74. The molecule has 0 aliphatic carbocycles. The van der Waals surface area contributed by atoms with E-state index in [-0.39, 0.29) is 17.4 Å². The molecule has 7 nitrogen and oxygen atoms in total. The zero-order valence-corrected chi connectivity index (χ0v) is 22.3. The van der Waals surface area contributed by atoms with Crippen molar-refractivity contribution >= 4 is 17.4 Å². The highest BCUT2D eigenvalue weighted by molar-refractivity contribution is 6.46. The lowest BCUT2D eigenvalue weighted by Gasteiger charge is -2.29. The van der Waals surface area contributed by atoms with Gasteiger partial charge in [-0.05, 0) is 61.6 Å². The first kappa shape index (κ1) is 26.9. The maximum Gasteiger partial charge on any atom is 0.295 e. The summed E-state index contributed by atoms with van der Waals surface area (Å²) < 4.78 is 11.1. The van der Waals surface area contributed by atoms with Crippen LogP contribution >= 0.6 is 0 Å². The van der Waals surface area contributed by atoms with Gasteiger partial charge in [0.15, 0.2) is 0 Å². The largest absolute Gasteiger partial charge is 0.507 e. The molecular formula is C30H38N2O5. The van der Waals surface area contributed by atoms with E-state index in [0.29, 0.717) is 37.0 Å². The number of amides is 1. The van der Waals surface area contributed by atoms with E-state index in [4.69, 9.17) is 9.47 Å². The van der Waals surface area contributed by atoms with E-state index in [1.165, 1.54) is 5.56 Å². The van der Waals surface area contributed by atoms with Crippen LogP contribution < -0.4 is 4.74 Å². The quantitative estimate of drug-likeness (QED) is 0.301. The second-order valence-electron chi connectivity index (χ2n) is 10.3. The van der Waals surface area contributed by atoms with Gasteiger partial charge in [0.2, 0.25) is 0 Å². The zero-order chi connectivity index (χ0) is 26.5. The van der Waals surface area contributed by atoms with E-state index in [1.807, 2.05) is 38.1 Å². The highest BCUT2D eigenvalue weighted by atomic mass is 16.5. The average molecular weight is 507 g/mol. The van der Waals surface area contributed by atoms with Crippen LogP contribution in [0.25, 0.3) is 5.76 Å². The summed E-state index contributed by atoms with van der Waals surface area (Å²) in [7, 11) is 0. The molecule has 1 atom stereocenters. The molecule has 2 fully saturated rings. The summed E-state index contributed by atoms with van der Waals surface area (Å²) in [5, 5.41) is 11.3. The fourth-order valence-corrected chi connectivity index (χ4v) is 4.93. The van der Waals surface area contributed by atoms with Gasteiger partial charge in [-0.3, -0.25) is 14.5 Å². The number of aliphatic hydroxyl groups excluding tert-OH is 1. The summed E-state index contributed by atoms with van der Waals surface area (Å²) in [4.78, 5) is 30.5. The Kier molecular flexibility index (Phi) is 8.67. The number of ether oxygens (including phenoxy) is 2. The number of morpholine rings is 1. The molecule has 37 heavy (non-hydrogen) atoms. The molecule has 2 aromatic carbocycles. The van der Waals surface area contributed by atoms with Crippen LogP contribution in [0.5, 0.6) is 5.75 Å². The number of aliphatic hydroxyl groups is 1. The number of hydrogen-bond donors (Lipinski definition) is 1. The monoisotopic (exact) mass is 506 g/mol. The van der Waals surface area contributed by atoms with Gasteiger partial charge in [0, 0.05) is 31.7 Å². The van der Waals surface area contributed by atoms with Crippen LogP contribution in [0.3, 0.4) is 0 Å². The minimum absolute atomic E-state index is 0.0241. The van der Waals surface area contributed by atoms with Crippen LogP contribution in [0.4, 0.5) is 0 Å². The van der Waals surface area contributed by atoms with Gasteiger partial charge in [0.05, 0.1) is 30.9 Å². The molecule has 1 N–H and O–H groups in total. The Labute approximate surface area is 219 Å². The van der Waals surface area contributed by atoms with Crippen LogP contribution in [-0.4, -0.2) is 72.1 Å². The second kappa shape index (κ2) is 11.9. The third kappa shape index (κ3) is 6.22. The van der Waals surface area contributed by atoms with Gasteiger partial charge >= 0.3 is 0 Å². The smallest absolute Gasteiger partial charge is 0.295 e. The summed E-state index contributed by atoms with van der Waals surface area (Å²) in [5.41, 5.74) is 2.60. The molecule has 0 radical (unpaired) electrons. The number of carbonyl (C=O) groups excluding carboxylic acids is 2. The SMILES string of the molecule is CC(C)Oc1ccc(/C(O)=C2/C(=O)C(=O)N(CCCN3CCOCC3)C2c2ccc(C(C)C)cc2)cc1. The van der Waals surface area contributed by atoms with Crippen molar-refractivity contribution in [3.63, 3.8) is 0 Å². The van der Waals surface area contributed by atoms with Gasteiger partial charge in [-0.1, -0.05) is 38.1 Å². The molecule has 2 aromatic rings. The van der Waals surface area contributed by atoms with Gasteiger partial charge in [-0.2, -0.15) is 0 Å². The zero-order valence-electron chi connectivity index (χ0n) is 22.3. The number of ketones is 1. The van der Waals surface area contributed by atoms with Crippen LogP contribution in [0.1, 0.15) is 62.8 Å². The Balaban J connectivity index is 1.66. The first-order valence-corrected chi connectivity index (χ1v) is 13.2. The number of hydrogen-bond acceptors (Lipinski definition) is 6. The molecule has 2 aliphatic rings. The van der Waals surface area contributed by atoms with Gasteiger partial charge in [-0.15, -0.1) is 0 Å². The van der Waals surface area contributed by atoms with E-state index in [2.05, 4.69) is 18.7 Å². The number of rotatable bonds is 9. The number of likely N-dealkylation sites (tertiary alicyclic amines) is 1. The van der Waals surface area contributed by atoms with Crippen molar-refractivity contribution in [2.24, 2.45) is 0 Å². The number of Topliss-reactive ketones (excluding diaryl/α,β-unsaturated/α-hetero) is 1. The standard InChI is InChI=1S/C30H38N2O5/c1-20(2)22-6-8-23(9-7-22)27-26(28(33)24-10-12-25(13-11-24)37-21(3)4)29(34)30(35)32(27)15-5-14-31-16-18-36-19-17-31/h6-13,20-21,27,33H,5,14-19H2,1-4H3/b28-26-. The Morgan fingerprint density at radius 1 is 0.973 bits per heavy atom. The normalized spacial score (nSPS) is 20.3. The van der Waals surface area contributed by atoms with Crippen molar-refractivity contribution < 1.29 is 24.2 Å². The van der Waals surface area contributed by atoms with E-state index in [9.17, 15) is 14.7 Å². The lowest BCUT2D eigenvalue weighted by atomic mass is 9.93. The van der Waals surface area contributed by atoms with Crippen LogP contribution in [0.2, 0.25) is 0 Å². The third-order valence-corrected chi connectivity index (χ3v) is 6.94. The number of benzene rings is 2. The average Bonchev–Trinajstić information content (AvgIpc) is 3.14. The molecule has 2 aliphatic heterocycles. The molecule has 7 heteroatoms. The molecule has 1 amide bonds. The number of nitrogens with zero attached hydrogens (tertiary/aromatic N) is 2. The summed E-state index contributed by atoms with van der Waals surface area (Å²) in [6, 6.07) is 14.3. The minimum Gasteiger partial charge on any atom is -0.507 e. The van der Waals surface area contributed by atoms with Gasteiger partial charge in [0.1, 0.15) is 11.5 Å². The van der Waals surface area contributed by atoms with Crippen molar-refractivity contribution in [3.05, 3.63) is 70.8 Å². The summed E-state index contributed by atoms with van der Waals surface area (Å²) in [6.45, 7) is 12.6. The van der Waals surface area contributed by atoms with Crippen LogP contribution in [0.15, 0.2) is 54.1 Å². The second-order valence-corrected chi connectivity index (χ2v) is 10.3. The topological polar surface area (TPSA) is 79.3 Å². The van der Waals surface area contributed by atoms with Crippen LogP contribution in [-0.2, 0) is 14.3 Å². The van der Waals surface area contributed by atoms with Crippen molar-refractivity contribution in [1.29, 1.82) is 0 Å². The van der Waals surface area contributed by atoms with Crippen molar-refractivity contribution in [2.45, 2.75) is 52.2 Å². The summed E-state index contributed by atoms with van der Waals surface area (Å²) >= 11 is 0. The van der Waals surface area contributed by atoms with Crippen LogP contribution in [0, 0.1) is 0 Å². The Morgan fingerprint density at radius 2 is 1.62 bits per heavy atom. The van der Waals surface area contributed by atoms with Crippen molar-refractivity contribution in [2.75, 3.05) is 39.4 Å². The predicted molar refractivity (Wildman–Crippen MR) is 144 cm³/mol. The minimum atomic E-state index is -0.649. The molecule has 0 bridgehead atoms. The lowest BCUT2D eigenvalue weighted by Crippen LogP contribution is -2.38. The molecule has 198 valence electrons. The van der Waals surface area contributed by atoms with Crippen molar-refractivity contribution in [3.8, 4) is 5.75 Å². The molecule has 2 heterocycles. The first-order valence-electron chi connectivity index (χ1n) is 13.2. The number of carbonyl (C=O) groups is 2. The van der Waals surface area contributed by atoms with E-state index >= 15 is 0 Å². The fourth-order valence-electron chi connectivity index (χ4n) is 4.93. The highest BCUT2D eigenvalue weighted by Crippen LogP contribution is 2.40. The maximum absolute atomic E-state index is 13.3. The van der Waals surface area contributed by atoms with E-state index in [0.717, 1.165) is 31.6 Å². The van der Waals surface area contributed by atoms with Crippen molar-refractivity contribution in [1.82, 2.24) is 9.80 Å². The lowest BCUT2D eigenvalue weighted by molar-refractivity contribution is -0.140. The molecular weight excluding hydrogens is 468 g/mol. The molecule has 0 saturated carbocycles. The summed E-state index contributed by atoms with van der Waals surface area (Å²) in [5.74, 6) is -0.343.